The summed E-state index contributed by atoms with van der Waals surface area (Å²) in [5.74, 6) is 0.747. The number of aliphatic hydroxyl groups excluding tert-OH is 1. The highest BCUT2D eigenvalue weighted by atomic mass is 32.2. The quantitative estimate of drug-likeness (QED) is 0.892. The van der Waals surface area contributed by atoms with Gasteiger partial charge in [-0.05, 0) is 26.8 Å². The van der Waals surface area contributed by atoms with Crippen LogP contribution in [0.3, 0.4) is 0 Å². The van der Waals surface area contributed by atoms with Crippen LogP contribution in [0.25, 0.3) is 0 Å². The van der Waals surface area contributed by atoms with E-state index in [-0.39, 0.29) is 10.6 Å². The number of hydrogen-bond acceptors (Lipinski definition) is 3. The van der Waals surface area contributed by atoms with E-state index in [4.69, 9.17) is 0 Å². The van der Waals surface area contributed by atoms with Crippen molar-refractivity contribution >= 4 is 17.4 Å². The Kier molecular flexibility index (Phi) is 3.87. The molecule has 0 amide bonds. The molecule has 1 aromatic rings. The fraction of sp³-hybridized carbons (Fsp3) is 0.571. The lowest BCUT2D eigenvalue weighted by molar-refractivity contribution is 0.199. The van der Waals surface area contributed by atoms with E-state index in [9.17, 15) is 9.50 Å². The Hall–Kier alpha value is -0.740. The monoisotopic (exact) mass is 269 g/mol. The van der Waals surface area contributed by atoms with Gasteiger partial charge in [-0.15, -0.1) is 0 Å². The van der Waals surface area contributed by atoms with Gasteiger partial charge < -0.3 is 10.0 Å². The van der Waals surface area contributed by atoms with Crippen molar-refractivity contribution in [2.45, 2.75) is 31.6 Å². The minimum Gasteiger partial charge on any atom is -0.389 e. The predicted molar refractivity (Wildman–Crippen MR) is 75.8 cm³/mol. The molecule has 0 spiro atoms. The number of rotatable bonds is 2. The molecule has 18 heavy (non-hydrogen) atoms. The Morgan fingerprint density at radius 1 is 1.44 bits per heavy atom. The fourth-order valence-electron chi connectivity index (χ4n) is 2.41. The standard InChI is InChI=1S/C14H20FNOS/c1-10(17)11-5-4-6-12(15)13(11)16-7-8-18-14(2,3)9-16/h4-6,10,17H,7-9H2,1-3H3. The molecule has 100 valence electrons. The number of para-hydroxylation sites is 1. The second-order valence-electron chi connectivity index (χ2n) is 5.38. The molecule has 2 rings (SSSR count). The molecule has 0 bridgehead atoms. The van der Waals surface area contributed by atoms with Crippen molar-refractivity contribution in [2.75, 3.05) is 23.7 Å². The fourth-order valence-corrected chi connectivity index (χ4v) is 3.52. The van der Waals surface area contributed by atoms with Gasteiger partial charge in [0, 0.05) is 29.2 Å². The first kappa shape index (κ1) is 13.7. The Labute approximate surface area is 112 Å². The van der Waals surface area contributed by atoms with E-state index in [1.807, 2.05) is 11.8 Å². The van der Waals surface area contributed by atoms with Crippen LogP contribution in [0.1, 0.15) is 32.4 Å². The van der Waals surface area contributed by atoms with Crippen LogP contribution in [-0.4, -0.2) is 28.7 Å². The van der Waals surface area contributed by atoms with Crippen LogP contribution in [0, 0.1) is 5.82 Å². The third kappa shape index (κ3) is 2.81. The van der Waals surface area contributed by atoms with Gasteiger partial charge in [0.15, 0.2) is 0 Å². The lowest BCUT2D eigenvalue weighted by atomic mass is 10.0. The van der Waals surface area contributed by atoms with Crippen molar-refractivity contribution < 1.29 is 9.50 Å². The Balaban J connectivity index is 2.38. The van der Waals surface area contributed by atoms with Crippen molar-refractivity contribution in [1.29, 1.82) is 0 Å². The zero-order chi connectivity index (χ0) is 13.3. The molecule has 1 heterocycles. The molecule has 0 aromatic heterocycles. The van der Waals surface area contributed by atoms with E-state index < -0.39 is 6.10 Å². The number of anilines is 1. The maximum Gasteiger partial charge on any atom is 0.146 e. The third-order valence-electron chi connectivity index (χ3n) is 3.21. The highest BCUT2D eigenvalue weighted by molar-refractivity contribution is 8.00. The number of thioether (sulfide) groups is 1. The minimum absolute atomic E-state index is 0.122. The topological polar surface area (TPSA) is 23.5 Å². The van der Waals surface area contributed by atoms with E-state index in [1.165, 1.54) is 6.07 Å². The van der Waals surface area contributed by atoms with Gasteiger partial charge in [-0.2, -0.15) is 11.8 Å². The summed E-state index contributed by atoms with van der Waals surface area (Å²) in [5.41, 5.74) is 1.25. The molecule has 1 fully saturated rings. The normalized spacial score (nSPS) is 20.8. The smallest absolute Gasteiger partial charge is 0.146 e. The van der Waals surface area contributed by atoms with Gasteiger partial charge in [0.05, 0.1) is 11.8 Å². The second kappa shape index (κ2) is 5.10. The van der Waals surface area contributed by atoms with E-state index in [0.717, 1.165) is 18.8 Å². The van der Waals surface area contributed by atoms with Gasteiger partial charge in [0.2, 0.25) is 0 Å². The van der Waals surface area contributed by atoms with E-state index in [2.05, 4.69) is 18.7 Å². The minimum atomic E-state index is -0.645. The molecule has 1 aromatic carbocycles. The van der Waals surface area contributed by atoms with Gasteiger partial charge >= 0.3 is 0 Å². The van der Waals surface area contributed by atoms with Crippen LogP contribution >= 0.6 is 11.8 Å². The Bertz CT molecular complexity index is 434. The molecule has 1 atom stereocenters. The van der Waals surface area contributed by atoms with Crippen LogP contribution in [-0.2, 0) is 0 Å². The molecule has 0 aliphatic carbocycles. The van der Waals surface area contributed by atoms with Crippen molar-refractivity contribution in [2.24, 2.45) is 0 Å². The lowest BCUT2D eigenvalue weighted by Crippen LogP contribution is -2.44. The van der Waals surface area contributed by atoms with Gasteiger partial charge in [-0.1, -0.05) is 12.1 Å². The molecule has 1 N–H and O–H groups in total. The van der Waals surface area contributed by atoms with Crippen molar-refractivity contribution in [3.63, 3.8) is 0 Å². The van der Waals surface area contributed by atoms with Crippen molar-refractivity contribution in [3.05, 3.63) is 29.6 Å². The first-order valence-electron chi connectivity index (χ1n) is 6.26. The number of aliphatic hydroxyl groups is 1. The largest absolute Gasteiger partial charge is 0.389 e. The summed E-state index contributed by atoms with van der Waals surface area (Å²) in [7, 11) is 0. The average Bonchev–Trinajstić information content (AvgIpc) is 2.27. The summed E-state index contributed by atoms with van der Waals surface area (Å²) in [5, 5.41) is 9.79. The summed E-state index contributed by atoms with van der Waals surface area (Å²) in [6, 6.07) is 4.93. The molecule has 2 nitrogen and oxygen atoms in total. The molecule has 1 saturated heterocycles. The first-order chi connectivity index (χ1) is 8.41. The van der Waals surface area contributed by atoms with Crippen LogP contribution < -0.4 is 4.90 Å². The van der Waals surface area contributed by atoms with Gasteiger partial charge in [0.1, 0.15) is 5.82 Å². The summed E-state index contributed by atoms with van der Waals surface area (Å²) < 4.78 is 14.2. The van der Waals surface area contributed by atoms with Gasteiger partial charge in [-0.3, -0.25) is 0 Å². The molecule has 1 aliphatic heterocycles. The van der Waals surface area contributed by atoms with Crippen LogP contribution in [0.4, 0.5) is 10.1 Å². The second-order valence-corrected chi connectivity index (χ2v) is 7.19. The lowest BCUT2D eigenvalue weighted by Gasteiger charge is -2.40. The number of nitrogens with zero attached hydrogens (tertiary/aromatic N) is 1. The Morgan fingerprint density at radius 2 is 2.17 bits per heavy atom. The molecule has 1 unspecified atom stereocenters. The maximum absolute atomic E-state index is 14.1. The molecule has 0 radical (unpaired) electrons. The highest BCUT2D eigenvalue weighted by Crippen LogP contribution is 2.36. The predicted octanol–water partition coefficient (Wildman–Crippen LogP) is 3.21. The van der Waals surface area contributed by atoms with E-state index in [0.29, 0.717) is 11.3 Å². The third-order valence-corrected chi connectivity index (χ3v) is 4.51. The van der Waals surface area contributed by atoms with Crippen molar-refractivity contribution in [3.8, 4) is 0 Å². The zero-order valence-corrected chi connectivity index (χ0v) is 11.9. The maximum atomic E-state index is 14.1. The Morgan fingerprint density at radius 3 is 2.78 bits per heavy atom. The SMILES string of the molecule is CC(O)c1cccc(F)c1N1CCSC(C)(C)C1. The molecule has 0 saturated carbocycles. The number of benzene rings is 1. The summed E-state index contributed by atoms with van der Waals surface area (Å²) in [6.45, 7) is 7.66. The molecular weight excluding hydrogens is 249 g/mol. The highest BCUT2D eigenvalue weighted by Gasteiger charge is 2.30. The van der Waals surface area contributed by atoms with Crippen LogP contribution in [0.15, 0.2) is 18.2 Å². The molecule has 4 heteroatoms. The summed E-state index contributed by atoms with van der Waals surface area (Å²) in [6.07, 6.45) is -0.645. The first-order valence-corrected chi connectivity index (χ1v) is 7.25. The van der Waals surface area contributed by atoms with E-state index in [1.54, 1.807) is 19.1 Å². The number of hydrogen-bond donors (Lipinski definition) is 1. The van der Waals surface area contributed by atoms with Crippen LogP contribution in [0.2, 0.25) is 0 Å². The molecular formula is C14H20FNOS. The average molecular weight is 269 g/mol. The van der Waals surface area contributed by atoms with Crippen LogP contribution in [0.5, 0.6) is 0 Å². The zero-order valence-electron chi connectivity index (χ0n) is 11.1. The summed E-state index contributed by atoms with van der Waals surface area (Å²) >= 11 is 1.91. The van der Waals surface area contributed by atoms with Gasteiger partial charge in [-0.25, -0.2) is 4.39 Å². The summed E-state index contributed by atoms with van der Waals surface area (Å²) in [4.78, 5) is 2.06. The molecule has 1 aliphatic rings. The van der Waals surface area contributed by atoms with Gasteiger partial charge in [0.25, 0.3) is 0 Å². The van der Waals surface area contributed by atoms with Crippen molar-refractivity contribution in [1.82, 2.24) is 0 Å². The van der Waals surface area contributed by atoms with E-state index >= 15 is 0 Å². The number of halogens is 1.